The van der Waals surface area contributed by atoms with Crippen molar-refractivity contribution in [2.45, 2.75) is 64.3 Å². The zero-order valence-electron chi connectivity index (χ0n) is 15.0. The molecule has 6 nitrogen and oxygen atoms in total. The summed E-state index contributed by atoms with van der Waals surface area (Å²) >= 11 is 0. The van der Waals surface area contributed by atoms with Crippen LogP contribution in [0.4, 0.5) is 0 Å². The van der Waals surface area contributed by atoms with Crippen molar-refractivity contribution in [2.24, 2.45) is 5.92 Å². The summed E-state index contributed by atoms with van der Waals surface area (Å²) in [6.07, 6.45) is 8.09. The molecule has 1 aromatic heterocycles. The molecule has 0 aliphatic carbocycles. The molecular formula is C18H30N4O2. The number of hydrogen-bond donors (Lipinski definition) is 0. The normalized spacial score (nSPS) is 23.6. The van der Waals surface area contributed by atoms with Crippen LogP contribution in [-0.2, 0) is 17.6 Å². The third kappa shape index (κ3) is 4.15. The molecule has 2 aliphatic heterocycles. The number of carbonyl (C=O) groups excluding carboxylic acids is 1. The fraction of sp³-hybridized carbons (Fsp3) is 0.833. The molecule has 24 heavy (non-hydrogen) atoms. The molecule has 1 atom stereocenters. The first-order valence-electron chi connectivity index (χ1n) is 9.47. The number of amides is 1. The minimum atomic E-state index is 0.224. The molecule has 0 saturated carbocycles. The van der Waals surface area contributed by atoms with E-state index in [-0.39, 0.29) is 5.91 Å². The molecule has 1 aromatic rings. The highest BCUT2D eigenvalue weighted by Crippen LogP contribution is 2.29. The first-order chi connectivity index (χ1) is 11.7. The second kappa shape index (κ2) is 8.10. The Bertz CT molecular complexity index is 537. The maximum atomic E-state index is 12.4. The van der Waals surface area contributed by atoms with Gasteiger partial charge in [0.1, 0.15) is 0 Å². The van der Waals surface area contributed by atoms with Crippen LogP contribution in [-0.4, -0.2) is 58.6 Å². The highest BCUT2D eigenvalue weighted by molar-refractivity contribution is 5.76. The third-order valence-electron chi connectivity index (χ3n) is 5.64. The standard InChI is InChI=1S/C18H30N4O2/c1-3-16-19-17(24-20-16)7-8-18(23)22-12-9-14(10-13-22)15-6-4-5-11-21(15)2/h14-15H,3-13H2,1-2H3/t15-/m0/s1. The zero-order valence-corrected chi connectivity index (χ0v) is 15.0. The number of carbonyl (C=O) groups is 1. The summed E-state index contributed by atoms with van der Waals surface area (Å²) in [4.78, 5) is 21.3. The summed E-state index contributed by atoms with van der Waals surface area (Å²) in [5, 5.41) is 3.88. The van der Waals surface area contributed by atoms with Crippen LogP contribution in [0.2, 0.25) is 0 Å². The lowest BCUT2D eigenvalue weighted by molar-refractivity contribution is -0.133. The Morgan fingerprint density at radius 1 is 1.21 bits per heavy atom. The number of aromatic nitrogens is 2. The highest BCUT2D eigenvalue weighted by atomic mass is 16.5. The lowest BCUT2D eigenvalue weighted by Gasteiger charge is -2.42. The average Bonchev–Trinajstić information content (AvgIpc) is 3.08. The largest absolute Gasteiger partial charge is 0.343 e. The van der Waals surface area contributed by atoms with Gasteiger partial charge in [-0.2, -0.15) is 4.98 Å². The van der Waals surface area contributed by atoms with E-state index in [1.54, 1.807) is 0 Å². The summed E-state index contributed by atoms with van der Waals surface area (Å²) in [5.41, 5.74) is 0. The molecule has 0 unspecified atom stereocenters. The van der Waals surface area contributed by atoms with Gasteiger partial charge in [0.25, 0.3) is 0 Å². The van der Waals surface area contributed by atoms with Gasteiger partial charge in [0.15, 0.2) is 5.82 Å². The van der Waals surface area contributed by atoms with Crippen LogP contribution in [0, 0.1) is 5.92 Å². The highest BCUT2D eigenvalue weighted by Gasteiger charge is 2.31. The van der Waals surface area contributed by atoms with Crippen molar-refractivity contribution in [3.63, 3.8) is 0 Å². The fourth-order valence-electron chi connectivity index (χ4n) is 4.14. The number of aryl methyl sites for hydroxylation is 2. The molecule has 0 radical (unpaired) electrons. The van der Waals surface area contributed by atoms with Crippen molar-refractivity contribution in [1.29, 1.82) is 0 Å². The van der Waals surface area contributed by atoms with Crippen LogP contribution in [0.3, 0.4) is 0 Å². The van der Waals surface area contributed by atoms with E-state index in [9.17, 15) is 4.79 Å². The van der Waals surface area contributed by atoms with Gasteiger partial charge in [0.05, 0.1) is 0 Å². The molecule has 0 aromatic carbocycles. The summed E-state index contributed by atoms with van der Waals surface area (Å²) in [6, 6.07) is 0.724. The van der Waals surface area contributed by atoms with E-state index in [0.29, 0.717) is 18.7 Å². The van der Waals surface area contributed by atoms with Crippen molar-refractivity contribution >= 4 is 5.91 Å². The predicted octanol–water partition coefficient (Wildman–Crippen LogP) is 2.29. The minimum Gasteiger partial charge on any atom is -0.343 e. The Morgan fingerprint density at radius 2 is 2.00 bits per heavy atom. The van der Waals surface area contributed by atoms with E-state index in [1.165, 1.54) is 25.8 Å². The molecule has 0 spiro atoms. The Morgan fingerprint density at radius 3 is 2.67 bits per heavy atom. The van der Waals surface area contributed by atoms with Crippen LogP contribution in [0.25, 0.3) is 0 Å². The molecule has 2 saturated heterocycles. The molecular weight excluding hydrogens is 304 g/mol. The SMILES string of the molecule is CCc1noc(CCC(=O)N2CCC([C@@H]3CCCCN3C)CC2)n1. The number of nitrogens with zero attached hydrogens (tertiary/aromatic N) is 4. The Labute approximate surface area is 144 Å². The average molecular weight is 334 g/mol. The van der Waals surface area contributed by atoms with Gasteiger partial charge < -0.3 is 14.3 Å². The molecule has 0 N–H and O–H groups in total. The lowest BCUT2D eigenvalue weighted by atomic mass is 9.84. The van der Waals surface area contributed by atoms with E-state index in [4.69, 9.17) is 4.52 Å². The smallest absolute Gasteiger partial charge is 0.227 e. The molecule has 134 valence electrons. The minimum absolute atomic E-state index is 0.224. The van der Waals surface area contributed by atoms with Crippen molar-refractivity contribution in [1.82, 2.24) is 19.9 Å². The lowest BCUT2D eigenvalue weighted by Crippen LogP contribution is -2.47. The van der Waals surface area contributed by atoms with Crippen LogP contribution < -0.4 is 0 Å². The maximum absolute atomic E-state index is 12.4. The van der Waals surface area contributed by atoms with Gasteiger partial charge in [-0.05, 0) is 45.2 Å². The van der Waals surface area contributed by atoms with Crippen molar-refractivity contribution in [2.75, 3.05) is 26.7 Å². The monoisotopic (exact) mass is 334 g/mol. The molecule has 0 bridgehead atoms. The number of hydrogen-bond acceptors (Lipinski definition) is 5. The topological polar surface area (TPSA) is 62.5 Å². The van der Waals surface area contributed by atoms with Gasteiger partial charge in [0, 0.05) is 38.4 Å². The van der Waals surface area contributed by atoms with Gasteiger partial charge in [-0.15, -0.1) is 0 Å². The molecule has 2 aliphatic rings. The summed E-state index contributed by atoms with van der Waals surface area (Å²) in [5.74, 6) is 2.28. The van der Waals surface area contributed by atoms with Crippen molar-refractivity contribution in [3.05, 3.63) is 11.7 Å². The molecule has 3 heterocycles. The van der Waals surface area contributed by atoms with E-state index in [2.05, 4.69) is 22.1 Å². The van der Waals surface area contributed by atoms with E-state index in [0.717, 1.165) is 50.1 Å². The van der Waals surface area contributed by atoms with Gasteiger partial charge in [-0.25, -0.2) is 0 Å². The maximum Gasteiger partial charge on any atom is 0.227 e. The van der Waals surface area contributed by atoms with Gasteiger partial charge in [0.2, 0.25) is 11.8 Å². The van der Waals surface area contributed by atoms with E-state index < -0.39 is 0 Å². The van der Waals surface area contributed by atoms with E-state index >= 15 is 0 Å². The fourth-order valence-corrected chi connectivity index (χ4v) is 4.14. The molecule has 2 fully saturated rings. The van der Waals surface area contributed by atoms with Gasteiger partial charge in [-0.1, -0.05) is 18.5 Å². The predicted molar refractivity (Wildman–Crippen MR) is 91.6 cm³/mol. The van der Waals surface area contributed by atoms with Gasteiger partial charge in [-0.3, -0.25) is 4.79 Å². The van der Waals surface area contributed by atoms with Crippen LogP contribution in [0.5, 0.6) is 0 Å². The summed E-state index contributed by atoms with van der Waals surface area (Å²) in [6.45, 7) is 5.02. The quantitative estimate of drug-likeness (QED) is 0.827. The second-order valence-corrected chi connectivity index (χ2v) is 7.22. The Balaban J connectivity index is 1.43. The van der Waals surface area contributed by atoms with Crippen LogP contribution >= 0.6 is 0 Å². The summed E-state index contributed by atoms with van der Waals surface area (Å²) < 4.78 is 5.16. The molecule has 1 amide bonds. The Kier molecular flexibility index (Phi) is 5.87. The van der Waals surface area contributed by atoms with Gasteiger partial charge >= 0.3 is 0 Å². The van der Waals surface area contributed by atoms with Crippen LogP contribution in [0.15, 0.2) is 4.52 Å². The first-order valence-corrected chi connectivity index (χ1v) is 9.47. The van der Waals surface area contributed by atoms with Crippen molar-refractivity contribution < 1.29 is 9.32 Å². The number of rotatable bonds is 5. The number of likely N-dealkylation sites (tertiary alicyclic amines) is 2. The van der Waals surface area contributed by atoms with E-state index in [1.807, 2.05) is 11.8 Å². The molecule has 3 rings (SSSR count). The molecule has 6 heteroatoms. The zero-order chi connectivity index (χ0) is 16.9. The second-order valence-electron chi connectivity index (χ2n) is 7.22. The third-order valence-corrected chi connectivity index (χ3v) is 5.64. The number of piperidine rings is 2. The Hall–Kier alpha value is -1.43. The van der Waals surface area contributed by atoms with Crippen molar-refractivity contribution in [3.8, 4) is 0 Å². The summed E-state index contributed by atoms with van der Waals surface area (Å²) in [7, 11) is 2.26. The van der Waals surface area contributed by atoms with Crippen LogP contribution in [0.1, 0.15) is 57.2 Å². The first kappa shape index (κ1) is 17.4.